The number of aliphatic hydroxyl groups is 1. The molecule has 18 heavy (non-hydrogen) atoms. The molecular weight excluding hydrogens is 224 g/mol. The van der Waals surface area contributed by atoms with Crippen molar-refractivity contribution in [2.75, 3.05) is 33.3 Å². The summed E-state index contributed by atoms with van der Waals surface area (Å²) >= 11 is 0. The highest BCUT2D eigenvalue weighted by Gasteiger charge is 2.26. The lowest BCUT2D eigenvalue weighted by Crippen LogP contribution is -2.43. The van der Waals surface area contributed by atoms with Gasteiger partial charge in [-0.25, -0.2) is 0 Å². The molecule has 2 fully saturated rings. The van der Waals surface area contributed by atoms with Gasteiger partial charge in [0.15, 0.2) is 0 Å². The molecule has 0 aromatic heterocycles. The van der Waals surface area contributed by atoms with Gasteiger partial charge in [-0.1, -0.05) is 25.7 Å². The van der Waals surface area contributed by atoms with Crippen LogP contribution in [-0.4, -0.2) is 60.3 Å². The van der Waals surface area contributed by atoms with Crippen LogP contribution in [0.3, 0.4) is 0 Å². The minimum Gasteiger partial charge on any atom is -0.396 e. The van der Waals surface area contributed by atoms with Gasteiger partial charge >= 0.3 is 0 Å². The Morgan fingerprint density at radius 2 is 1.72 bits per heavy atom. The minimum atomic E-state index is 0.327. The number of aliphatic hydroxyl groups excluding tert-OH is 1. The lowest BCUT2D eigenvalue weighted by atomic mass is 10.1. The molecule has 1 unspecified atom stereocenters. The second kappa shape index (κ2) is 7.46. The van der Waals surface area contributed by atoms with Crippen LogP contribution in [0, 0.1) is 0 Å². The maximum Gasteiger partial charge on any atom is 0.0446 e. The van der Waals surface area contributed by atoms with E-state index in [0.717, 1.165) is 12.5 Å². The summed E-state index contributed by atoms with van der Waals surface area (Å²) in [5, 5.41) is 9.22. The van der Waals surface area contributed by atoms with Gasteiger partial charge in [-0.15, -0.1) is 0 Å². The van der Waals surface area contributed by atoms with Crippen molar-refractivity contribution in [3.8, 4) is 0 Å². The topological polar surface area (TPSA) is 26.7 Å². The zero-order valence-electron chi connectivity index (χ0n) is 12.0. The molecule has 1 N–H and O–H groups in total. The maximum absolute atomic E-state index is 9.22. The van der Waals surface area contributed by atoms with Gasteiger partial charge in [-0.05, 0) is 45.8 Å². The highest BCUT2D eigenvalue weighted by atomic mass is 16.3. The van der Waals surface area contributed by atoms with Crippen molar-refractivity contribution in [2.45, 2.75) is 63.5 Å². The predicted molar refractivity (Wildman–Crippen MR) is 75.8 cm³/mol. The van der Waals surface area contributed by atoms with E-state index in [1.807, 2.05) is 0 Å². The van der Waals surface area contributed by atoms with E-state index < -0.39 is 0 Å². The molecule has 1 aliphatic heterocycles. The third-order valence-electron chi connectivity index (χ3n) is 4.83. The summed E-state index contributed by atoms with van der Waals surface area (Å²) in [6.07, 6.45) is 10.7. The number of nitrogens with zero attached hydrogens (tertiary/aromatic N) is 2. The van der Waals surface area contributed by atoms with Crippen molar-refractivity contribution >= 4 is 0 Å². The fourth-order valence-electron chi connectivity index (χ4n) is 3.62. The van der Waals surface area contributed by atoms with Crippen molar-refractivity contribution in [1.29, 1.82) is 0 Å². The molecule has 0 aromatic rings. The van der Waals surface area contributed by atoms with E-state index in [1.54, 1.807) is 0 Å². The molecule has 1 heterocycles. The molecule has 0 bridgehead atoms. The average Bonchev–Trinajstić information content (AvgIpc) is 2.72. The molecule has 0 radical (unpaired) electrons. The minimum absolute atomic E-state index is 0.327. The maximum atomic E-state index is 9.22. The monoisotopic (exact) mass is 254 g/mol. The van der Waals surface area contributed by atoms with Crippen molar-refractivity contribution < 1.29 is 5.11 Å². The largest absolute Gasteiger partial charge is 0.396 e. The van der Waals surface area contributed by atoms with Gasteiger partial charge in [0.1, 0.15) is 0 Å². The summed E-state index contributed by atoms with van der Waals surface area (Å²) in [6.45, 7) is 3.94. The zero-order valence-corrected chi connectivity index (χ0v) is 12.0. The Morgan fingerprint density at radius 1 is 1.00 bits per heavy atom. The predicted octanol–water partition coefficient (Wildman–Crippen LogP) is 2.10. The van der Waals surface area contributed by atoms with E-state index in [-0.39, 0.29) is 0 Å². The summed E-state index contributed by atoms with van der Waals surface area (Å²) < 4.78 is 0. The van der Waals surface area contributed by atoms with Gasteiger partial charge < -0.3 is 10.0 Å². The van der Waals surface area contributed by atoms with Crippen molar-refractivity contribution in [2.24, 2.45) is 0 Å². The Bertz CT molecular complexity index is 227. The molecule has 1 atom stereocenters. The summed E-state index contributed by atoms with van der Waals surface area (Å²) in [7, 11) is 2.22. The molecule has 0 spiro atoms. The normalized spacial score (nSPS) is 30.0. The first kappa shape index (κ1) is 14.3. The Labute approximate surface area is 112 Å². The lowest BCUT2D eigenvalue weighted by Gasteiger charge is -2.33. The quantitative estimate of drug-likeness (QED) is 0.781. The smallest absolute Gasteiger partial charge is 0.0446 e. The number of hydrogen-bond acceptors (Lipinski definition) is 3. The molecule has 1 saturated heterocycles. The van der Waals surface area contributed by atoms with E-state index in [9.17, 15) is 5.11 Å². The van der Waals surface area contributed by atoms with Gasteiger partial charge in [0, 0.05) is 25.2 Å². The third-order valence-corrected chi connectivity index (χ3v) is 4.83. The van der Waals surface area contributed by atoms with E-state index >= 15 is 0 Å². The SMILES string of the molecule is CN1CCCN(C2CCCCCC2)CC1CCO. The van der Waals surface area contributed by atoms with Gasteiger partial charge in [-0.2, -0.15) is 0 Å². The van der Waals surface area contributed by atoms with Crippen LogP contribution in [0.4, 0.5) is 0 Å². The molecule has 3 heteroatoms. The first-order valence-corrected chi connectivity index (χ1v) is 7.86. The van der Waals surface area contributed by atoms with E-state index in [0.29, 0.717) is 12.6 Å². The molecule has 1 saturated carbocycles. The second-order valence-electron chi connectivity index (χ2n) is 6.14. The van der Waals surface area contributed by atoms with Gasteiger partial charge in [-0.3, -0.25) is 4.90 Å². The van der Waals surface area contributed by atoms with E-state index in [1.165, 1.54) is 64.6 Å². The molecule has 0 aromatic carbocycles. The summed E-state index contributed by atoms with van der Waals surface area (Å²) in [5.41, 5.74) is 0. The Hall–Kier alpha value is -0.120. The van der Waals surface area contributed by atoms with Crippen LogP contribution >= 0.6 is 0 Å². The van der Waals surface area contributed by atoms with Crippen LogP contribution < -0.4 is 0 Å². The Balaban J connectivity index is 1.93. The Morgan fingerprint density at radius 3 is 2.39 bits per heavy atom. The first-order chi connectivity index (χ1) is 8.81. The molecule has 106 valence electrons. The molecule has 0 amide bonds. The highest BCUT2D eigenvalue weighted by Crippen LogP contribution is 2.24. The number of likely N-dealkylation sites (N-methyl/N-ethyl adjacent to an activating group) is 1. The molecular formula is C15H30N2O. The van der Waals surface area contributed by atoms with Crippen molar-refractivity contribution in [3.63, 3.8) is 0 Å². The van der Waals surface area contributed by atoms with Crippen LogP contribution in [0.5, 0.6) is 0 Å². The molecule has 3 nitrogen and oxygen atoms in total. The average molecular weight is 254 g/mol. The second-order valence-corrected chi connectivity index (χ2v) is 6.14. The summed E-state index contributed by atoms with van der Waals surface area (Å²) in [4.78, 5) is 5.18. The van der Waals surface area contributed by atoms with E-state index in [2.05, 4.69) is 16.8 Å². The van der Waals surface area contributed by atoms with Gasteiger partial charge in [0.05, 0.1) is 0 Å². The van der Waals surface area contributed by atoms with Crippen molar-refractivity contribution in [1.82, 2.24) is 9.80 Å². The molecule has 2 rings (SSSR count). The highest BCUT2D eigenvalue weighted by molar-refractivity contribution is 4.83. The lowest BCUT2D eigenvalue weighted by molar-refractivity contribution is 0.133. The standard InChI is InChI=1S/C15H30N2O/c1-16-10-6-11-17(13-15(16)9-12-18)14-7-4-2-3-5-8-14/h14-15,18H,2-13H2,1H3. The van der Waals surface area contributed by atoms with Gasteiger partial charge in [0.2, 0.25) is 0 Å². The number of rotatable bonds is 3. The van der Waals surface area contributed by atoms with Crippen LogP contribution in [0.1, 0.15) is 51.4 Å². The molecule has 2 aliphatic rings. The van der Waals surface area contributed by atoms with Crippen LogP contribution in [0.2, 0.25) is 0 Å². The Kier molecular flexibility index (Phi) is 5.93. The fraction of sp³-hybridized carbons (Fsp3) is 1.00. The first-order valence-electron chi connectivity index (χ1n) is 7.86. The van der Waals surface area contributed by atoms with Crippen LogP contribution in [0.25, 0.3) is 0 Å². The summed E-state index contributed by atoms with van der Waals surface area (Å²) in [6, 6.07) is 1.38. The fourth-order valence-corrected chi connectivity index (χ4v) is 3.62. The van der Waals surface area contributed by atoms with Crippen LogP contribution in [-0.2, 0) is 0 Å². The molecule has 1 aliphatic carbocycles. The third kappa shape index (κ3) is 3.94. The summed E-state index contributed by atoms with van der Waals surface area (Å²) in [5.74, 6) is 0. The van der Waals surface area contributed by atoms with Crippen molar-refractivity contribution in [3.05, 3.63) is 0 Å². The zero-order chi connectivity index (χ0) is 12.8. The van der Waals surface area contributed by atoms with E-state index in [4.69, 9.17) is 0 Å². The van der Waals surface area contributed by atoms with Crippen LogP contribution in [0.15, 0.2) is 0 Å². The van der Waals surface area contributed by atoms with Gasteiger partial charge in [0.25, 0.3) is 0 Å². The number of hydrogen-bond donors (Lipinski definition) is 1.